The van der Waals surface area contributed by atoms with E-state index in [9.17, 15) is 0 Å². The molecule has 2 unspecified atom stereocenters. The molecule has 0 spiro atoms. The molecule has 0 aliphatic heterocycles. The van der Waals surface area contributed by atoms with Crippen LogP contribution in [0.15, 0.2) is 194 Å². The first kappa shape index (κ1) is 32.5. The van der Waals surface area contributed by atoms with Crippen LogP contribution in [0.25, 0.3) is 60.8 Å². The molecule has 53 heavy (non-hydrogen) atoms. The Morgan fingerprint density at radius 1 is 0.509 bits per heavy atom. The molecule has 0 radical (unpaired) electrons. The van der Waals surface area contributed by atoms with Crippen LogP contribution in [0, 0.1) is 5.92 Å². The number of allylic oxidation sites excluding steroid dienone is 2. The van der Waals surface area contributed by atoms with Gasteiger partial charge in [-0.2, -0.15) is 0 Å². The Morgan fingerprint density at radius 3 is 1.77 bits per heavy atom. The van der Waals surface area contributed by atoms with Crippen molar-refractivity contribution in [2.24, 2.45) is 5.92 Å². The van der Waals surface area contributed by atoms with E-state index in [1.165, 1.54) is 77.7 Å². The third kappa shape index (κ3) is 5.97. The van der Waals surface area contributed by atoms with Gasteiger partial charge in [0.15, 0.2) is 0 Å². The molecule has 0 fully saturated rings. The zero-order valence-electron chi connectivity index (χ0n) is 30.2. The minimum atomic E-state index is 0.0893. The van der Waals surface area contributed by atoms with E-state index in [1.54, 1.807) is 0 Å². The summed E-state index contributed by atoms with van der Waals surface area (Å²) in [5.74, 6) is 0.273. The summed E-state index contributed by atoms with van der Waals surface area (Å²) in [6, 6.07) is 64.3. The summed E-state index contributed by atoms with van der Waals surface area (Å²) in [6.45, 7) is 5.51. The fourth-order valence-electron chi connectivity index (χ4n) is 8.37. The molecule has 1 aliphatic rings. The molecule has 2 heteroatoms. The number of hydrogen-bond acceptors (Lipinski definition) is 1. The number of anilines is 2. The Labute approximate surface area is 312 Å². The van der Waals surface area contributed by atoms with Crippen molar-refractivity contribution >= 4 is 38.8 Å². The number of rotatable bonds is 8. The number of aryl methyl sites for hydroxylation is 1. The van der Waals surface area contributed by atoms with Crippen LogP contribution in [0.2, 0.25) is 0 Å². The minimum Gasteiger partial charge on any atom is -0.341 e. The quantitative estimate of drug-likeness (QED) is 0.155. The van der Waals surface area contributed by atoms with E-state index in [2.05, 4.69) is 217 Å². The van der Waals surface area contributed by atoms with Crippen LogP contribution in [0.5, 0.6) is 0 Å². The molecule has 1 aliphatic carbocycles. The Bertz CT molecular complexity index is 2590. The number of para-hydroxylation sites is 2. The van der Waals surface area contributed by atoms with E-state index in [1.807, 2.05) is 0 Å². The van der Waals surface area contributed by atoms with Crippen LogP contribution >= 0.6 is 0 Å². The monoisotopic (exact) mass is 682 g/mol. The van der Waals surface area contributed by atoms with Crippen molar-refractivity contribution in [3.63, 3.8) is 0 Å². The number of aromatic nitrogens is 1. The van der Waals surface area contributed by atoms with Gasteiger partial charge in [0.1, 0.15) is 0 Å². The summed E-state index contributed by atoms with van der Waals surface area (Å²) in [6.07, 6.45) is 6.91. The van der Waals surface area contributed by atoms with Gasteiger partial charge in [-0.15, -0.1) is 0 Å². The smallest absolute Gasteiger partial charge is 0.0657 e. The predicted molar refractivity (Wildman–Crippen MR) is 227 cm³/mol. The maximum absolute atomic E-state index is 2.53. The van der Waals surface area contributed by atoms with Crippen LogP contribution in [0.4, 0.5) is 11.4 Å². The molecule has 0 amide bonds. The normalized spacial score (nSPS) is 15.5. The highest BCUT2D eigenvalue weighted by molar-refractivity contribution is 6.15. The molecule has 0 N–H and O–H groups in total. The van der Waals surface area contributed by atoms with Crippen molar-refractivity contribution in [2.45, 2.75) is 26.4 Å². The van der Waals surface area contributed by atoms with Gasteiger partial charge >= 0.3 is 0 Å². The first-order chi connectivity index (χ1) is 26.2. The van der Waals surface area contributed by atoms with Gasteiger partial charge in [-0.05, 0) is 99.8 Å². The SMILES string of the molecule is CCn1c2ccccc2c2c(-c3cccc(C4=CC=CC(C)C4N(c4ccccc4)c4ccc(-c5ccc(-c6ccccc6)cc5)cc4)c3)cccc21. The summed E-state index contributed by atoms with van der Waals surface area (Å²) in [7, 11) is 0. The van der Waals surface area contributed by atoms with Gasteiger partial charge < -0.3 is 9.47 Å². The molecule has 1 aromatic heterocycles. The Hall–Kier alpha value is -6.38. The molecule has 2 atom stereocenters. The standard InChI is InChI=1S/C51H42N2/c1-3-52-48-25-11-10-22-47(48)50-45(23-14-26-49(50)52)41-18-13-19-42(35-41)46-24-12-15-36(2)51(46)53(43-20-8-5-9-21-43)44-33-31-40(32-34-44)39-29-27-38(28-30-39)37-16-6-4-7-17-37/h4-36,51H,3H2,1-2H3. The molecule has 256 valence electrons. The maximum Gasteiger partial charge on any atom is 0.0657 e. The fourth-order valence-corrected chi connectivity index (χ4v) is 8.37. The van der Waals surface area contributed by atoms with E-state index in [0.29, 0.717) is 0 Å². The Morgan fingerprint density at radius 2 is 1.06 bits per heavy atom. The number of nitrogens with zero attached hydrogens (tertiary/aromatic N) is 2. The lowest BCUT2D eigenvalue weighted by atomic mass is 9.83. The average molecular weight is 683 g/mol. The number of benzene rings is 7. The third-order valence-electron chi connectivity index (χ3n) is 10.9. The molecule has 0 saturated heterocycles. The highest BCUT2D eigenvalue weighted by atomic mass is 15.2. The third-order valence-corrected chi connectivity index (χ3v) is 10.9. The van der Waals surface area contributed by atoms with E-state index >= 15 is 0 Å². The lowest BCUT2D eigenvalue weighted by Gasteiger charge is -2.40. The molecule has 8 aromatic rings. The van der Waals surface area contributed by atoms with Crippen molar-refractivity contribution in [3.8, 4) is 33.4 Å². The largest absolute Gasteiger partial charge is 0.341 e. The second kappa shape index (κ2) is 14.0. The lowest BCUT2D eigenvalue weighted by molar-refractivity contribution is 0.623. The molecular formula is C51H42N2. The number of hydrogen-bond donors (Lipinski definition) is 0. The van der Waals surface area contributed by atoms with E-state index in [4.69, 9.17) is 0 Å². The van der Waals surface area contributed by atoms with Gasteiger partial charge in [-0.3, -0.25) is 0 Å². The van der Waals surface area contributed by atoms with E-state index in [0.717, 1.165) is 6.54 Å². The van der Waals surface area contributed by atoms with Crippen molar-refractivity contribution in [1.82, 2.24) is 4.57 Å². The van der Waals surface area contributed by atoms with Crippen LogP contribution < -0.4 is 4.90 Å². The lowest BCUT2D eigenvalue weighted by Crippen LogP contribution is -2.38. The minimum absolute atomic E-state index is 0.0893. The summed E-state index contributed by atoms with van der Waals surface area (Å²) >= 11 is 0. The zero-order chi connectivity index (χ0) is 35.7. The fraction of sp³-hybridized carbons (Fsp3) is 0.0980. The second-order valence-corrected chi connectivity index (χ2v) is 14.0. The maximum atomic E-state index is 2.53. The van der Waals surface area contributed by atoms with Crippen LogP contribution in [0.1, 0.15) is 19.4 Å². The highest BCUT2D eigenvalue weighted by Crippen LogP contribution is 2.42. The Balaban J connectivity index is 1.10. The zero-order valence-corrected chi connectivity index (χ0v) is 30.2. The molecule has 0 saturated carbocycles. The summed E-state index contributed by atoms with van der Waals surface area (Å²) in [5, 5.41) is 2.63. The highest BCUT2D eigenvalue weighted by Gasteiger charge is 2.31. The van der Waals surface area contributed by atoms with Crippen molar-refractivity contribution in [1.29, 1.82) is 0 Å². The van der Waals surface area contributed by atoms with Crippen molar-refractivity contribution in [3.05, 3.63) is 200 Å². The van der Waals surface area contributed by atoms with Gasteiger partial charge in [0.05, 0.1) is 6.04 Å². The summed E-state index contributed by atoms with van der Waals surface area (Å²) < 4.78 is 2.44. The van der Waals surface area contributed by atoms with E-state index in [-0.39, 0.29) is 12.0 Å². The van der Waals surface area contributed by atoms with Gasteiger partial charge in [0, 0.05) is 39.7 Å². The molecule has 7 aromatic carbocycles. The molecule has 2 nitrogen and oxygen atoms in total. The predicted octanol–water partition coefficient (Wildman–Crippen LogP) is 13.6. The summed E-state index contributed by atoms with van der Waals surface area (Å²) in [4.78, 5) is 2.53. The first-order valence-corrected chi connectivity index (χ1v) is 18.8. The number of fused-ring (bicyclic) bond motifs is 3. The molecular weight excluding hydrogens is 641 g/mol. The van der Waals surface area contributed by atoms with Crippen LogP contribution in [-0.2, 0) is 6.54 Å². The topological polar surface area (TPSA) is 8.17 Å². The Kier molecular flexibility index (Phi) is 8.57. The van der Waals surface area contributed by atoms with Gasteiger partial charge in [0.2, 0.25) is 0 Å². The first-order valence-electron chi connectivity index (χ1n) is 18.8. The van der Waals surface area contributed by atoms with Gasteiger partial charge in [0.25, 0.3) is 0 Å². The van der Waals surface area contributed by atoms with Crippen LogP contribution in [-0.4, -0.2) is 10.6 Å². The molecule has 0 bridgehead atoms. The van der Waals surface area contributed by atoms with Gasteiger partial charge in [-0.1, -0.05) is 159 Å². The van der Waals surface area contributed by atoms with Crippen molar-refractivity contribution in [2.75, 3.05) is 4.90 Å². The molecule has 1 heterocycles. The van der Waals surface area contributed by atoms with Crippen molar-refractivity contribution < 1.29 is 0 Å². The summed E-state index contributed by atoms with van der Waals surface area (Å²) in [5.41, 5.74) is 14.9. The molecule has 9 rings (SSSR count). The second-order valence-electron chi connectivity index (χ2n) is 14.0. The van der Waals surface area contributed by atoms with Crippen LogP contribution in [0.3, 0.4) is 0 Å². The van der Waals surface area contributed by atoms with E-state index < -0.39 is 0 Å². The van der Waals surface area contributed by atoms with Gasteiger partial charge in [-0.25, -0.2) is 0 Å². The average Bonchev–Trinajstić information content (AvgIpc) is 3.56.